The third-order valence-electron chi connectivity index (χ3n) is 3.98. The summed E-state index contributed by atoms with van der Waals surface area (Å²) < 4.78 is 0. The van der Waals surface area contributed by atoms with Crippen molar-refractivity contribution < 1.29 is 4.79 Å². The van der Waals surface area contributed by atoms with Gasteiger partial charge in [-0.15, -0.1) is 0 Å². The van der Waals surface area contributed by atoms with Gasteiger partial charge in [0.1, 0.15) is 0 Å². The van der Waals surface area contributed by atoms with Crippen LogP contribution in [0.15, 0.2) is 0 Å². The van der Waals surface area contributed by atoms with Gasteiger partial charge in [-0.1, -0.05) is 13.8 Å². The molecular formula is C13H25N3O. The van der Waals surface area contributed by atoms with E-state index in [1.54, 1.807) is 0 Å². The van der Waals surface area contributed by atoms with Gasteiger partial charge in [-0.3, -0.25) is 9.69 Å². The predicted molar refractivity (Wildman–Crippen MR) is 68.6 cm³/mol. The van der Waals surface area contributed by atoms with Gasteiger partial charge in [0.15, 0.2) is 0 Å². The van der Waals surface area contributed by atoms with E-state index < -0.39 is 0 Å². The summed E-state index contributed by atoms with van der Waals surface area (Å²) in [4.78, 5) is 16.7. The molecule has 0 unspecified atom stereocenters. The topological polar surface area (TPSA) is 49.6 Å². The largest absolute Gasteiger partial charge is 0.340 e. The molecular weight excluding hydrogens is 214 g/mol. The predicted octanol–water partition coefficient (Wildman–Crippen LogP) is 0.526. The van der Waals surface area contributed by atoms with Crippen LogP contribution in [0, 0.1) is 11.3 Å². The van der Waals surface area contributed by atoms with Crippen molar-refractivity contribution in [3.8, 4) is 0 Å². The van der Waals surface area contributed by atoms with Crippen LogP contribution < -0.4 is 5.73 Å². The molecule has 1 amide bonds. The molecule has 4 heteroatoms. The zero-order chi connectivity index (χ0) is 12.5. The molecule has 98 valence electrons. The van der Waals surface area contributed by atoms with Crippen molar-refractivity contribution in [2.75, 3.05) is 39.3 Å². The lowest BCUT2D eigenvalue weighted by Gasteiger charge is -2.37. The van der Waals surface area contributed by atoms with Crippen molar-refractivity contribution in [3.63, 3.8) is 0 Å². The number of piperazine rings is 1. The lowest BCUT2D eigenvalue weighted by atomic mass is 10.1. The van der Waals surface area contributed by atoms with Gasteiger partial charge in [0, 0.05) is 39.3 Å². The normalized spacial score (nSPS) is 24.1. The number of nitrogens with two attached hydrogens (primary N) is 1. The summed E-state index contributed by atoms with van der Waals surface area (Å²) in [6, 6.07) is 0. The van der Waals surface area contributed by atoms with E-state index in [-0.39, 0.29) is 5.41 Å². The van der Waals surface area contributed by atoms with E-state index in [2.05, 4.69) is 18.7 Å². The maximum Gasteiger partial charge on any atom is 0.230 e. The van der Waals surface area contributed by atoms with E-state index in [1.807, 2.05) is 4.90 Å². The number of rotatable bonds is 4. The molecule has 0 spiro atoms. The number of carbonyl (C=O) groups excluding carboxylic acids is 1. The Kier molecular flexibility index (Phi) is 3.73. The number of hydrogen-bond donors (Lipinski definition) is 1. The average Bonchev–Trinajstić information content (AvgIpc) is 3.09. The van der Waals surface area contributed by atoms with Crippen molar-refractivity contribution in [1.29, 1.82) is 0 Å². The maximum atomic E-state index is 12.3. The lowest BCUT2D eigenvalue weighted by molar-refractivity contribution is -0.138. The fourth-order valence-corrected chi connectivity index (χ4v) is 2.64. The molecule has 1 saturated carbocycles. The fraction of sp³-hybridized carbons (Fsp3) is 0.923. The Labute approximate surface area is 104 Å². The van der Waals surface area contributed by atoms with Gasteiger partial charge in [-0.2, -0.15) is 0 Å². The average molecular weight is 239 g/mol. The van der Waals surface area contributed by atoms with Crippen LogP contribution in [0.3, 0.4) is 0 Å². The zero-order valence-electron chi connectivity index (χ0n) is 11.1. The maximum absolute atomic E-state index is 12.3. The summed E-state index contributed by atoms with van der Waals surface area (Å²) >= 11 is 0. The highest BCUT2D eigenvalue weighted by Crippen LogP contribution is 2.46. The molecule has 2 rings (SSSR count). The second-order valence-electron chi connectivity index (χ2n) is 5.97. The lowest BCUT2D eigenvalue weighted by Crippen LogP contribution is -2.52. The van der Waals surface area contributed by atoms with E-state index in [4.69, 9.17) is 5.73 Å². The molecule has 0 aromatic carbocycles. The molecule has 1 saturated heterocycles. The Morgan fingerprint density at radius 2 is 1.82 bits per heavy atom. The second kappa shape index (κ2) is 4.94. The molecule has 0 aromatic rings. The van der Waals surface area contributed by atoms with Crippen molar-refractivity contribution in [2.24, 2.45) is 17.1 Å². The van der Waals surface area contributed by atoms with Crippen LogP contribution in [0.4, 0.5) is 0 Å². The van der Waals surface area contributed by atoms with Crippen LogP contribution in [-0.2, 0) is 4.79 Å². The van der Waals surface area contributed by atoms with Crippen molar-refractivity contribution >= 4 is 5.91 Å². The molecule has 1 aliphatic carbocycles. The van der Waals surface area contributed by atoms with Crippen LogP contribution in [-0.4, -0.2) is 55.0 Å². The third-order valence-corrected chi connectivity index (χ3v) is 3.98. The van der Waals surface area contributed by atoms with E-state index in [0.29, 0.717) is 18.4 Å². The van der Waals surface area contributed by atoms with Gasteiger partial charge >= 0.3 is 0 Å². The summed E-state index contributed by atoms with van der Waals surface area (Å²) in [5.74, 6) is 1.01. The summed E-state index contributed by atoms with van der Waals surface area (Å²) in [5, 5.41) is 0. The Morgan fingerprint density at radius 1 is 1.24 bits per heavy atom. The van der Waals surface area contributed by atoms with E-state index >= 15 is 0 Å². The number of hydrogen-bond acceptors (Lipinski definition) is 3. The smallest absolute Gasteiger partial charge is 0.230 e. The molecule has 2 fully saturated rings. The first-order valence-corrected chi connectivity index (χ1v) is 6.79. The summed E-state index contributed by atoms with van der Waals surface area (Å²) in [5.41, 5.74) is 5.55. The number of nitrogens with zero attached hydrogens (tertiary/aromatic N) is 2. The highest BCUT2D eigenvalue weighted by molar-refractivity contribution is 5.85. The first kappa shape index (κ1) is 12.8. The van der Waals surface area contributed by atoms with Gasteiger partial charge in [-0.25, -0.2) is 0 Å². The zero-order valence-corrected chi connectivity index (χ0v) is 11.1. The summed E-state index contributed by atoms with van der Waals surface area (Å²) in [6.45, 7) is 9.95. The van der Waals surface area contributed by atoms with Crippen LogP contribution in [0.1, 0.15) is 26.7 Å². The quantitative estimate of drug-likeness (QED) is 0.778. The molecule has 0 aromatic heterocycles. The highest BCUT2D eigenvalue weighted by Gasteiger charge is 2.50. The SMILES string of the molecule is CC(C)CN1CCN(C(=O)C2(CN)CC2)CC1. The Morgan fingerprint density at radius 3 is 2.24 bits per heavy atom. The Hall–Kier alpha value is -0.610. The van der Waals surface area contributed by atoms with Gasteiger partial charge in [-0.05, 0) is 18.8 Å². The summed E-state index contributed by atoms with van der Waals surface area (Å²) in [7, 11) is 0. The Balaban J connectivity index is 1.81. The molecule has 2 aliphatic rings. The molecule has 0 radical (unpaired) electrons. The number of amides is 1. The summed E-state index contributed by atoms with van der Waals surface area (Å²) in [6.07, 6.45) is 1.99. The fourth-order valence-electron chi connectivity index (χ4n) is 2.64. The monoisotopic (exact) mass is 239 g/mol. The molecule has 0 atom stereocenters. The molecule has 0 bridgehead atoms. The van der Waals surface area contributed by atoms with Crippen LogP contribution >= 0.6 is 0 Å². The van der Waals surface area contributed by atoms with Crippen molar-refractivity contribution in [2.45, 2.75) is 26.7 Å². The van der Waals surface area contributed by atoms with Crippen LogP contribution in [0.25, 0.3) is 0 Å². The Bertz CT molecular complexity index is 278. The molecule has 2 N–H and O–H groups in total. The third kappa shape index (κ3) is 2.80. The molecule has 1 heterocycles. The first-order chi connectivity index (χ1) is 8.07. The number of carbonyl (C=O) groups is 1. The standard InChI is InChI=1S/C13H25N3O/c1-11(2)9-15-5-7-16(8-6-15)12(17)13(10-14)3-4-13/h11H,3-10,14H2,1-2H3. The molecule has 1 aliphatic heterocycles. The van der Waals surface area contributed by atoms with E-state index in [1.165, 1.54) is 0 Å². The van der Waals surface area contributed by atoms with Gasteiger partial charge in [0.05, 0.1) is 5.41 Å². The van der Waals surface area contributed by atoms with Crippen molar-refractivity contribution in [1.82, 2.24) is 9.80 Å². The van der Waals surface area contributed by atoms with Gasteiger partial charge < -0.3 is 10.6 Å². The van der Waals surface area contributed by atoms with E-state index in [9.17, 15) is 4.79 Å². The minimum atomic E-state index is -0.166. The van der Waals surface area contributed by atoms with Crippen LogP contribution in [0.5, 0.6) is 0 Å². The molecule has 17 heavy (non-hydrogen) atoms. The minimum Gasteiger partial charge on any atom is -0.340 e. The van der Waals surface area contributed by atoms with Crippen LogP contribution in [0.2, 0.25) is 0 Å². The van der Waals surface area contributed by atoms with Gasteiger partial charge in [0.25, 0.3) is 0 Å². The minimum absolute atomic E-state index is 0.166. The second-order valence-corrected chi connectivity index (χ2v) is 5.97. The highest BCUT2D eigenvalue weighted by atomic mass is 16.2. The van der Waals surface area contributed by atoms with E-state index in [0.717, 1.165) is 45.6 Å². The first-order valence-electron chi connectivity index (χ1n) is 6.79. The molecule has 4 nitrogen and oxygen atoms in total. The van der Waals surface area contributed by atoms with Gasteiger partial charge in [0.2, 0.25) is 5.91 Å². The van der Waals surface area contributed by atoms with Crippen molar-refractivity contribution in [3.05, 3.63) is 0 Å².